The number of allylic oxidation sites excluding steroid dienone is 1. The molecule has 0 saturated heterocycles. The molecule has 0 atom stereocenters. The zero-order valence-electron chi connectivity index (χ0n) is 13.2. The lowest BCUT2D eigenvalue weighted by Crippen LogP contribution is -2.22. The number of carbonyl (C=O) groups excluding carboxylic acids is 2. The van der Waals surface area contributed by atoms with Gasteiger partial charge in [-0.25, -0.2) is 0 Å². The van der Waals surface area contributed by atoms with E-state index >= 15 is 0 Å². The molecule has 0 N–H and O–H groups in total. The van der Waals surface area contributed by atoms with Crippen LogP contribution in [0, 0.1) is 0 Å². The number of hydrogen-bond donors (Lipinski definition) is 0. The topological polar surface area (TPSA) is 70.3 Å². The number of benzene rings is 2. The van der Waals surface area contributed by atoms with E-state index in [1.165, 1.54) is 23.9 Å². The number of carbonyl (C=O) groups is 2. The van der Waals surface area contributed by atoms with Gasteiger partial charge in [0.1, 0.15) is 11.5 Å². The van der Waals surface area contributed by atoms with E-state index in [0.29, 0.717) is 27.6 Å². The number of aromatic carboxylic acids is 1. The maximum absolute atomic E-state index is 12.4. The molecule has 0 saturated carbocycles. The van der Waals surface area contributed by atoms with Gasteiger partial charge in [0.15, 0.2) is 0 Å². The number of thioether (sulfide) groups is 1. The minimum atomic E-state index is -1.35. The molecule has 1 aromatic heterocycles. The summed E-state index contributed by atoms with van der Waals surface area (Å²) in [6, 6.07) is 15.4. The van der Waals surface area contributed by atoms with E-state index in [0.717, 1.165) is 4.90 Å². The Bertz CT molecular complexity index is 1080. The molecule has 4 rings (SSSR count). The number of carboxylic acid groups (broad SMARTS) is 1. The molecule has 2 aromatic carbocycles. The maximum Gasteiger partial charge on any atom is 0.200 e. The van der Waals surface area contributed by atoms with Crippen LogP contribution >= 0.6 is 23.4 Å². The largest absolute Gasteiger partial charge is 0.545 e. The molecule has 3 aromatic rings. The summed E-state index contributed by atoms with van der Waals surface area (Å²) >= 11 is 7.26. The highest BCUT2D eigenvalue weighted by Crippen LogP contribution is 2.41. The van der Waals surface area contributed by atoms with Crippen LogP contribution in [-0.2, 0) is 0 Å². The minimum absolute atomic E-state index is 0.0331. The van der Waals surface area contributed by atoms with Crippen LogP contribution in [0.25, 0.3) is 17.4 Å². The first-order valence-corrected chi connectivity index (χ1v) is 8.87. The quantitative estimate of drug-likeness (QED) is 0.633. The van der Waals surface area contributed by atoms with Gasteiger partial charge < -0.3 is 14.3 Å². The molecule has 2 heterocycles. The first kappa shape index (κ1) is 16.7. The van der Waals surface area contributed by atoms with E-state index in [2.05, 4.69) is 0 Å². The van der Waals surface area contributed by atoms with Gasteiger partial charge in [0.2, 0.25) is 5.78 Å². The summed E-state index contributed by atoms with van der Waals surface area (Å²) in [6.45, 7) is 0. The maximum atomic E-state index is 12.4. The average molecular weight is 382 g/mol. The van der Waals surface area contributed by atoms with Gasteiger partial charge in [-0.2, -0.15) is 0 Å². The van der Waals surface area contributed by atoms with Crippen LogP contribution < -0.4 is 5.11 Å². The summed E-state index contributed by atoms with van der Waals surface area (Å²) in [7, 11) is 0. The van der Waals surface area contributed by atoms with Gasteiger partial charge in [0, 0.05) is 26.6 Å². The summed E-state index contributed by atoms with van der Waals surface area (Å²) in [4.78, 5) is 25.0. The molecule has 0 unspecified atom stereocenters. The second-order valence-electron chi connectivity index (χ2n) is 5.62. The fourth-order valence-electron chi connectivity index (χ4n) is 2.69. The number of carboxylic acids is 1. The Hall–Kier alpha value is -2.76. The Kier molecular flexibility index (Phi) is 4.18. The fraction of sp³-hybridized carbons (Fsp3) is 0. The standard InChI is InChI=1S/C20H11ClO4S/c21-15-7-5-11(9-14(15)20(23)24)16-8-6-12(25-16)10-18-19(22)13-3-1-2-4-17(13)26-18/h1-10H,(H,23,24)/p-1/b18-10-. The van der Waals surface area contributed by atoms with E-state index in [1.54, 1.807) is 30.3 Å². The predicted molar refractivity (Wildman–Crippen MR) is 98.1 cm³/mol. The molecule has 0 aliphatic carbocycles. The lowest BCUT2D eigenvalue weighted by molar-refractivity contribution is -0.255. The summed E-state index contributed by atoms with van der Waals surface area (Å²) in [5.74, 6) is -0.400. The van der Waals surface area contributed by atoms with Crippen molar-refractivity contribution in [3.63, 3.8) is 0 Å². The lowest BCUT2D eigenvalue weighted by Gasteiger charge is -2.06. The Balaban J connectivity index is 1.65. The number of Topliss-reactive ketones (excluding diaryl/α,β-unsaturated/α-hetero) is 1. The van der Waals surface area contributed by atoms with Gasteiger partial charge in [-0.1, -0.05) is 35.5 Å². The van der Waals surface area contributed by atoms with Crippen molar-refractivity contribution in [1.29, 1.82) is 0 Å². The van der Waals surface area contributed by atoms with Crippen molar-refractivity contribution in [2.75, 3.05) is 0 Å². The van der Waals surface area contributed by atoms with E-state index in [4.69, 9.17) is 16.0 Å². The van der Waals surface area contributed by atoms with Crippen molar-refractivity contribution in [2.24, 2.45) is 0 Å². The first-order chi connectivity index (χ1) is 12.5. The number of rotatable bonds is 3. The van der Waals surface area contributed by atoms with Gasteiger partial charge >= 0.3 is 0 Å². The Morgan fingerprint density at radius 3 is 2.69 bits per heavy atom. The van der Waals surface area contributed by atoms with Crippen LogP contribution in [0.4, 0.5) is 0 Å². The van der Waals surface area contributed by atoms with Gasteiger partial charge in [0.05, 0.1) is 10.9 Å². The van der Waals surface area contributed by atoms with Crippen LogP contribution in [0.1, 0.15) is 26.5 Å². The van der Waals surface area contributed by atoms with Crippen molar-refractivity contribution in [2.45, 2.75) is 4.90 Å². The van der Waals surface area contributed by atoms with Crippen LogP contribution in [0.3, 0.4) is 0 Å². The zero-order valence-corrected chi connectivity index (χ0v) is 14.8. The van der Waals surface area contributed by atoms with Crippen molar-refractivity contribution in [1.82, 2.24) is 0 Å². The van der Waals surface area contributed by atoms with Crippen molar-refractivity contribution in [3.05, 3.63) is 81.4 Å². The second kappa shape index (κ2) is 6.52. The van der Waals surface area contributed by atoms with Gasteiger partial charge in [-0.05, 0) is 48.5 Å². The van der Waals surface area contributed by atoms with Crippen molar-refractivity contribution < 1.29 is 19.1 Å². The molecular weight excluding hydrogens is 372 g/mol. The summed E-state index contributed by atoms with van der Waals surface area (Å²) < 4.78 is 5.76. The SMILES string of the molecule is O=C([O-])c1cc(-c2ccc(/C=C3\Sc4ccccc4C3=O)o2)ccc1Cl. The van der Waals surface area contributed by atoms with Crippen molar-refractivity contribution in [3.8, 4) is 11.3 Å². The molecule has 0 radical (unpaired) electrons. The third-order valence-electron chi connectivity index (χ3n) is 3.95. The Morgan fingerprint density at radius 2 is 1.92 bits per heavy atom. The molecular formula is C20H10ClO4S-. The zero-order chi connectivity index (χ0) is 18.3. The second-order valence-corrected chi connectivity index (χ2v) is 7.11. The number of furan rings is 1. The highest BCUT2D eigenvalue weighted by molar-refractivity contribution is 8.04. The molecule has 1 aliphatic rings. The number of ketones is 1. The third-order valence-corrected chi connectivity index (χ3v) is 5.37. The van der Waals surface area contributed by atoms with Gasteiger partial charge in [-0.15, -0.1) is 0 Å². The van der Waals surface area contributed by atoms with Gasteiger partial charge in [0.25, 0.3) is 0 Å². The van der Waals surface area contributed by atoms with Crippen molar-refractivity contribution >= 4 is 41.2 Å². The Morgan fingerprint density at radius 1 is 1.12 bits per heavy atom. The molecule has 1 aliphatic heterocycles. The molecule has 128 valence electrons. The number of fused-ring (bicyclic) bond motifs is 1. The summed E-state index contributed by atoms with van der Waals surface area (Å²) in [6.07, 6.45) is 1.69. The molecule has 0 spiro atoms. The first-order valence-electron chi connectivity index (χ1n) is 7.67. The van der Waals surface area contributed by atoms with Gasteiger partial charge in [-0.3, -0.25) is 4.79 Å². The molecule has 0 fully saturated rings. The van der Waals surface area contributed by atoms with Crippen LogP contribution in [-0.4, -0.2) is 11.8 Å². The van der Waals surface area contributed by atoms with E-state index in [1.807, 2.05) is 18.2 Å². The third kappa shape index (κ3) is 2.96. The molecule has 4 nitrogen and oxygen atoms in total. The molecule has 0 amide bonds. The lowest BCUT2D eigenvalue weighted by atomic mass is 10.1. The van der Waals surface area contributed by atoms with E-state index in [-0.39, 0.29) is 16.4 Å². The predicted octanol–water partition coefficient (Wildman–Crippen LogP) is 4.29. The molecule has 6 heteroatoms. The minimum Gasteiger partial charge on any atom is -0.545 e. The Labute approximate surface area is 158 Å². The highest BCUT2D eigenvalue weighted by atomic mass is 35.5. The van der Waals surface area contributed by atoms with E-state index < -0.39 is 5.97 Å². The van der Waals surface area contributed by atoms with E-state index in [9.17, 15) is 14.7 Å². The van der Waals surface area contributed by atoms with Crippen LogP contribution in [0.5, 0.6) is 0 Å². The summed E-state index contributed by atoms with van der Waals surface area (Å²) in [5, 5.41) is 11.2. The average Bonchev–Trinajstić information content (AvgIpc) is 3.21. The normalized spacial score (nSPS) is 14.7. The monoisotopic (exact) mass is 381 g/mol. The van der Waals surface area contributed by atoms with Crippen LogP contribution in [0.2, 0.25) is 5.02 Å². The highest BCUT2D eigenvalue weighted by Gasteiger charge is 2.25. The number of hydrogen-bond acceptors (Lipinski definition) is 5. The fourth-order valence-corrected chi connectivity index (χ4v) is 3.91. The van der Waals surface area contributed by atoms with Crippen LogP contribution in [0.15, 0.2) is 68.8 Å². The number of halogens is 1. The summed E-state index contributed by atoms with van der Waals surface area (Å²) in [5.41, 5.74) is 1.15. The molecule has 26 heavy (non-hydrogen) atoms. The molecule has 0 bridgehead atoms. The smallest absolute Gasteiger partial charge is 0.200 e.